The van der Waals surface area contributed by atoms with E-state index in [-0.39, 0.29) is 12.3 Å². The van der Waals surface area contributed by atoms with Gasteiger partial charge in [0, 0.05) is 6.54 Å². The van der Waals surface area contributed by atoms with Crippen LogP contribution in [0.2, 0.25) is 0 Å². The Hall–Kier alpha value is -2.92. The van der Waals surface area contributed by atoms with Gasteiger partial charge in [0.15, 0.2) is 5.11 Å². The minimum absolute atomic E-state index is 0.131. The fourth-order valence-corrected chi connectivity index (χ4v) is 2.95. The molecule has 0 heterocycles. The fourth-order valence-electron chi connectivity index (χ4n) is 2.76. The molecule has 4 nitrogen and oxygen atoms in total. The number of amides is 1. The summed E-state index contributed by atoms with van der Waals surface area (Å²) in [5.41, 5.74) is 2.04. The van der Waals surface area contributed by atoms with Gasteiger partial charge in [0.05, 0.1) is 13.5 Å². The Balaban J connectivity index is 1.54. The van der Waals surface area contributed by atoms with Gasteiger partial charge in [-0.05, 0) is 46.2 Å². The third kappa shape index (κ3) is 4.58. The van der Waals surface area contributed by atoms with Crippen molar-refractivity contribution in [3.63, 3.8) is 0 Å². The summed E-state index contributed by atoms with van der Waals surface area (Å²) >= 11 is 5.22. The highest BCUT2D eigenvalue weighted by Crippen LogP contribution is 2.18. The van der Waals surface area contributed by atoms with E-state index in [0.717, 1.165) is 27.6 Å². The Labute approximate surface area is 158 Å². The van der Waals surface area contributed by atoms with Crippen LogP contribution in [0.1, 0.15) is 11.1 Å². The lowest BCUT2D eigenvalue weighted by Crippen LogP contribution is -2.39. The third-order valence-electron chi connectivity index (χ3n) is 4.10. The van der Waals surface area contributed by atoms with E-state index in [1.54, 1.807) is 7.11 Å². The second-order valence-corrected chi connectivity index (χ2v) is 6.30. The Morgan fingerprint density at radius 2 is 1.73 bits per heavy atom. The fraction of sp³-hybridized carbons (Fsp3) is 0.143. The minimum atomic E-state index is -0.131. The minimum Gasteiger partial charge on any atom is -0.497 e. The van der Waals surface area contributed by atoms with Crippen molar-refractivity contribution in [3.05, 3.63) is 77.9 Å². The van der Waals surface area contributed by atoms with Crippen LogP contribution in [0.25, 0.3) is 10.8 Å². The van der Waals surface area contributed by atoms with Gasteiger partial charge in [0.25, 0.3) is 0 Å². The molecule has 0 bridgehead atoms. The highest BCUT2D eigenvalue weighted by atomic mass is 32.1. The largest absolute Gasteiger partial charge is 0.497 e. The van der Waals surface area contributed by atoms with Gasteiger partial charge in [0.1, 0.15) is 5.75 Å². The zero-order valence-corrected chi connectivity index (χ0v) is 15.3. The van der Waals surface area contributed by atoms with Crippen LogP contribution in [-0.2, 0) is 17.8 Å². The molecule has 0 radical (unpaired) electrons. The molecule has 3 rings (SSSR count). The van der Waals surface area contributed by atoms with Gasteiger partial charge < -0.3 is 15.4 Å². The first kappa shape index (κ1) is 17.9. The van der Waals surface area contributed by atoms with E-state index in [9.17, 15) is 4.79 Å². The first-order chi connectivity index (χ1) is 12.7. The van der Waals surface area contributed by atoms with Crippen molar-refractivity contribution in [3.8, 4) is 5.75 Å². The second-order valence-electron chi connectivity index (χ2n) is 5.89. The molecule has 0 aliphatic carbocycles. The third-order valence-corrected chi connectivity index (χ3v) is 4.34. The van der Waals surface area contributed by atoms with E-state index < -0.39 is 0 Å². The summed E-state index contributed by atoms with van der Waals surface area (Å²) in [6.45, 7) is 0.539. The Morgan fingerprint density at radius 1 is 1.00 bits per heavy atom. The molecule has 2 N–H and O–H groups in total. The van der Waals surface area contributed by atoms with Gasteiger partial charge in [-0.2, -0.15) is 0 Å². The molecule has 0 aliphatic heterocycles. The molecule has 0 atom stereocenters. The Morgan fingerprint density at radius 3 is 2.50 bits per heavy atom. The predicted molar refractivity (Wildman–Crippen MR) is 108 cm³/mol. The quantitative estimate of drug-likeness (QED) is 0.680. The molecule has 0 unspecified atom stereocenters. The zero-order valence-electron chi connectivity index (χ0n) is 14.5. The number of fused-ring (bicyclic) bond motifs is 1. The average molecular weight is 364 g/mol. The van der Waals surface area contributed by atoms with Crippen molar-refractivity contribution in [2.75, 3.05) is 7.11 Å². The van der Waals surface area contributed by atoms with Gasteiger partial charge in [-0.15, -0.1) is 0 Å². The van der Waals surface area contributed by atoms with Gasteiger partial charge in [0.2, 0.25) is 5.91 Å². The number of nitrogens with one attached hydrogen (secondary N) is 2. The molecule has 0 saturated heterocycles. The number of carbonyl (C=O) groups is 1. The number of methoxy groups -OCH3 is 1. The van der Waals surface area contributed by atoms with E-state index in [1.807, 2.05) is 66.7 Å². The average Bonchev–Trinajstić information content (AvgIpc) is 2.67. The highest BCUT2D eigenvalue weighted by molar-refractivity contribution is 7.80. The molecule has 3 aromatic carbocycles. The van der Waals surface area contributed by atoms with Crippen LogP contribution < -0.4 is 15.4 Å². The number of benzene rings is 3. The number of ether oxygens (including phenoxy) is 1. The summed E-state index contributed by atoms with van der Waals surface area (Å²) < 4.78 is 5.13. The summed E-state index contributed by atoms with van der Waals surface area (Å²) in [7, 11) is 1.63. The van der Waals surface area contributed by atoms with Crippen LogP contribution in [0.4, 0.5) is 0 Å². The van der Waals surface area contributed by atoms with Crippen LogP contribution in [-0.4, -0.2) is 18.1 Å². The summed E-state index contributed by atoms with van der Waals surface area (Å²) in [6, 6.07) is 21.7. The Kier molecular flexibility index (Phi) is 5.81. The van der Waals surface area contributed by atoms with Crippen LogP contribution in [0.3, 0.4) is 0 Å². The van der Waals surface area contributed by atoms with E-state index in [0.29, 0.717) is 11.7 Å². The first-order valence-electron chi connectivity index (χ1n) is 8.33. The van der Waals surface area contributed by atoms with Crippen LogP contribution in [0, 0.1) is 0 Å². The molecular formula is C21H20N2O2S. The SMILES string of the molecule is COc1ccc(CNC(=S)NC(=O)Cc2cccc3ccccc23)cc1. The number of hydrogen-bond donors (Lipinski definition) is 2. The van der Waals surface area contributed by atoms with Crippen LogP contribution in [0.5, 0.6) is 5.75 Å². The molecule has 0 aromatic heterocycles. The van der Waals surface area contributed by atoms with Gasteiger partial charge >= 0.3 is 0 Å². The van der Waals surface area contributed by atoms with E-state index >= 15 is 0 Å². The standard InChI is InChI=1S/C21H20N2O2S/c1-25-18-11-9-15(10-12-18)14-22-21(26)23-20(24)13-17-7-4-6-16-5-2-3-8-19(16)17/h2-12H,13-14H2,1H3,(H2,22,23,24,26). The van der Waals surface area contributed by atoms with Gasteiger partial charge in [-0.3, -0.25) is 4.79 Å². The van der Waals surface area contributed by atoms with Crippen molar-refractivity contribution in [1.82, 2.24) is 10.6 Å². The molecule has 5 heteroatoms. The lowest BCUT2D eigenvalue weighted by Gasteiger charge is -2.11. The summed E-state index contributed by atoms with van der Waals surface area (Å²) in [5, 5.41) is 8.33. The maximum absolute atomic E-state index is 12.3. The summed E-state index contributed by atoms with van der Waals surface area (Å²) in [5.74, 6) is 0.674. The monoisotopic (exact) mass is 364 g/mol. The summed E-state index contributed by atoms with van der Waals surface area (Å²) in [4.78, 5) is 12.3. The van der Waals surface area contributed by atoms with E-state index in [1.165, 1.54) is 0 Å². The first-order valence-corrected chi connectivity index (χ1v) is 8.74. The lowest BCUT2D eigenvalue weighted by molar-refractivity contribution is -0.119. The normalized spacial score (nSPS) is 10.3. The number of rotatable bonds is 5. The highest BCUT2D eigenvalue weighted by Gasteiger charge is 2.08. The maximum Gasteiger partial charge on any atom is 0.230 e. The van der Waals surface area contributed by atoms with Gasteiger partial charge in [-0.1, -0.05) is 54.6 Å². The topological polar surface area (TPSA) is 50.4 Å². The molecule has 1 amide bonds. The number of thiocarbonyl (C=S) groups is 1. The molecule has 0 aliphatic rings. The zero-order chi connectivity index (χ0) is 18.4. The maximum atomic E-state index is 12.3. The number of carbonyl (C=O) groups excluding carboxylic acids is 1. The van der Waals surface area contributed by atoms with E-state index in [4.69, 9.17) is 17.0 Å². The molecule has 26 heavy (non-hydrogen) atoms. The molecular weight excluding hydrogens is 344 g/mol. The van der Waals surface area contributed by atoms with Crippen molar-refractivity contribution in [1.29, 1.82) is 0 Å². The van der Waals surface area contributed by atoms with Crippen LogP contribution in [0.15, 0.2) is 66.7 Å². The van der Waals surface area contributed by atoms with Gasteiger partial charge in [-0.25, -0.2) is 0 Å². The predicted octanol–water partition coefficient (Wildman–Crippen LogP) is 3.58. The van der Waals surface area contributed by atoms with Crippen molar-refractivity contribution in [2.24, 2.45) is 0 Å². The van der Waals surface area contributed by atoms with Crippen LogP contribution >= 0.6 is 12.2 Å². The molecule has 132 valence electrons. The molecule has 0 fully saturated rings. The van der Waals surface area contributed by atoms with Crippen molar-refractivity contribution >= 4 is 34.0 Å². The smallest absolute Gasteiger partial charge is 0.230 e. The molecule has 3 aromatic rings. The number of hydrogen-bond acceptors (Lipinski definition) is 3. The second kappa shape index (κ2) is 8.45. The van der Waals surface area contributed by atoms with E-state index in [2.05, 4.69) is 10.6 Å². The van der Waals surface area contributed by atoms with Crippen molar-refractivity contribution in [2.45, 2.75) is 13.0 Å². The lowest BCUT2D eigenvalue weighted by atomic mass is 10.0. The summed E-state index contributed by atoms with van der Waals surface area (Å²) in [6.07, 6.45) is 0.283. The van der Waals surface area contributed by atoms with Crippen molar-refractivity contribution < 1.29 is 9.53 Å². The molecule has 0 spiro atoms. The Bertz CT molecular complexity index is 917. The molecule has 0 saturated carbocycles.